The minimum absolute atomic E-state index is 0.0855. The zero-order chi connectivity index (χ0) is 16.8. The average Bonchev–Trinajstić information content (AvgIpc) is 2.74. The van der Waals surface area contributed by atoms with Crippen LogP contribution in [0.5, 0.6) is 5.75 Å². The molecule has 0 spiro atoms. The number of halogens is 2. The number of carbonyl (C=O) groups is 2. The number of hydrogen-bond acceptors (Lipinski definition) is 3. The van der Waals surface area contributed by atoms with E-state index < -0.39 is 23.6 Å². The van der Waals surface area contributed by atoms with Crippen molar-refractivity contribution in [3.8, 4) is 5.75 Å². The molecule has 1 fully saturated rings. The van der Waals surface area contributed by atoms with E-state index in [1.54, 1.807) is 0 Å². The third kappa shape index (κ3) is 5.10. The van der Waals surface area contributed by atoms with Crippen molar-refractivity contribution in [3.63, 3.8) is 0 Å². The van der Waals surface area contributed by atoms with Crippen molar-refractivity contribution in [2.24, 2.45) is 5.92 Å². The standard InChI is InChI=1S/C16H19ClFNO4/c17-12-8-10(6-7-13(12)18)23-9-15(20)19-14-5-3-1-2-4-11(14)16(21)22/h6-8,11,14H,1-5,9H2,(H,19,20)(H,21,22)/t11-,14+/m1/s1. The minimum atomic E-state index is -0.886. The average molecular weight is 344 g/mol. The fraction of sp³-hybridized carbons (Fsp3) is 0.500. The van der Waals surface area contributed by atoms with Crippen molar-refractivity contribution >= 4 is 23.5 Å². The van der Waals surface area contributed by atoms with Gasteiger partial charge in [0.1, 0.15) is 11.6 Å². The maximum Gasteiger partial charge on any atom is 0.308 e. The molecule has 5 nitrogen and oxygen atoms in total. The summed E-state index contributed by atoms with van der Waals surface area (Å²) in [4.78, 5) is 23.3. The van der Waals surface area contributed by atoms with Crippen LogP contribution in [-0.4, -0.2) is 29.6 Å². The van der Waals surface area contributed by atoms with Crippen LogP contribution in [0.3, 0.4) is 0 Å². The molecule has 126 valence electrons. The van der Waals surface area contributed by atoms with Crippen molar-refractivity contribution in [3.05, 3.63) is 29.0 Å². The van der Waals surface area contributed by atoms with Crippen LogP contribution < -0.4 is 10.1 Å². The Balaban J connectivity index is 1.89. The predicted molar refractivity (Wildman–Crippen MR) is 83.0 cm³/mol. The lowest BCUT2D eigenvalue weighted by Gasteiger charge is -2.22. The fourth-order valence-electron chi connectivity index (χ4n) is 2.74. The van der Waals surface area contributed by atoms with Gasteiger partial charge < -0.3 is 15.2 Å². The van der Waals surface area contributed by atoms with Gasteiger partial charge in [-0.1, -0.05) is 30.9 Å². The summed E-state index contributed by atoms with van der Waals surface area (Å²) in [5, 5.41) is 11.9. The Morgan fingerprint density at radius 2 is 2.04 bits per heavy atom. The summed E-state index contributed by atoms with van der Waals surface area (Å²) in [6.45, 7) is -0.273. The molecule has 1 amide bonds. The van der Waals surface area contributed by atoms with Gasteiger partial charge in [0.15, 0.2) is 6.61 Å². The van der Waals surface area contributed by atoms with E-state index in [-0.39, 0.29) is 23.4 Å². The first kappa shape index (κ1) is 17.5. The zero-order valence-corrected chi connectivity index (χ0v) is 13.3. The molecule has 23 heavy (non-hydrogen) atoms. The van der Waals surface area contributed by atoms with Gasteiger partial charge in [0.05, 0.1) is 10.9 Å². The zero-order valence-electron chi connectivity index (χ0n) is 12.6. The number of carbonyl (C=O) groups excluding carboxylic acids is 1. The van der Waals surface area contributed by atoms with Crippen LogP contribution in [0.15, 0.2) is 18.2 Å². The van der Waals surface area contributed by atoms with Gasteiger partial charge in [0.2, 0.25) is 0 Å². The number of nitrogens with one attached hydrogen (secondary N) is 1. The smallest absolute Gasteiger partial charge is 0.308 e. The topological polar surface area (TPSA) is 75.6 Å². The third-order valence-corrected chi connectivity index (χ3v) is 4.23. The maximum absolute atomic E-state index is 13.0. The lowest BCUT2D eigenvalue weighted by molar-refractivity contribution is -0.143. The molecule has 1 saturated carbocycles. The summed E-state index contributed by atoms with van der Waals surface area (Å²) in [6.07, 6.45) is 3.93. The molecule has 2 atom stereocenters. The van der Waals surface area contributed by atoms with Crippen LogP contribution in [0.25, 0.3) is 0 Å². The minimum Gasteiger partial charge on any atom is -0.484 e. The van der Waals surface area contributed by atoms with Crippen molar-refractivity contribution in [1.29, 1.82) is 0 Å². The molecule has 0 aliphatic heterocycles. The molecule has 0 unspecified atom stereocenters. The number of benzene rings is 1. The van der Waals surface area contributed by atoms with Gasteiger partial charge in [0.25, 0.3) is 5.91 Å². The third-order valence-electron chi connectivity index (χ3n) is 3.94. The van der Waals surface area contributed by atoms with Crippen LogP contribution in [-0.2, 0) is 9.59 Å². The van der Waals surface area contributed by atoms with E-state index in [0.29, 0.717) is 12.8 Å². The van der Waals surface area contributed by atoms with E-state index in [2.05, 4.69) is 5.32 Å². The first-order chi connectivity index (χ1) is 11.0. The highest BCUT2D eigenvalue weighted by Gasteiger charge is 2.30. The monoisotopic (exact) mass is 343 g/mol. The first-order valence-corrected chi connectivity index (χ1v) is 7.95. The van der Waals surface area contributed by atoms with Crippen molar-refractivity contribution in [2.75, 3.05) is 6.61 Å². The van der Waals surface area contributed by atoms with E-state index in [4.69, 9.17) is 16.3 Å². The number of rotatable bonds is 5. The molecule has 0 bridgehead atoms. The number of amides is 1. The lowest BCUT2D eigenvalue weighted by atomic mass is 9.95. The summed E-state index contributed by atoms with van der Waals surface area (Å²) in [7, 11) is 0. The molecule has 0 aromatic heterocycles. The van der Waals surface area contributed by atoms with Gasteiger partial charge in [-0.05, 0) is 25.0 Å². The predicted octanol–water partition coefficient (Wildman–Crippen LogP) is 3.01. The van der Waals surface area contributed by atoms with Crippen LogP contribution in [0.4, 0.5) is 4.39 Å². The van der Waals surface area contributed by atoms with Crippen LogP contribution >= 0.6 is 11.6 Å². The number of ether oxygens (including phenoxy) is 1. The van der Waals surface area contributed by atoms with Gasteiger partial charge in [-0.25, -0.2) is 4.39 Å². The summed E-state index contributed by atoms with van der Waals surface area (Å²) in [5.74, 6) is -2.14. The van der Waals surface area contributed by atoms with Crippen molar-refractivity contribution < 1.29 is 23.8 Å². The molecule has 1 aliphatic carbocycles. The summed E-state index contributed by atoms with van der Waals surface area (Å²) < 4.78 is 18.3. The Labute approximate surface area is 138 Å². The molecule has 1 aliphatic rings. The normalized spacial score (nSPS) is 21.3. The molecular weight excluding hydrogens is 325 g/mol. The van der Waals surface area contributed by atoms with Gasteiger partial charge in [-0.15, -0.1) is 0 Å². The molecular formula is C16H19ClFNO4. The quantitative estimate of drug-likeness (QED) is 0.806. The second-order valence-corrected chi connectivity index (χ2v) is 6.03. The molecule has 0 saturated heterocycles. The SMILES string of the molecule is O=C(COc1ccc(F)c(Cl)c1)N[C@H]1CCCCC[C@H]1C(=O)O. The van der Waals surface area contributed by atoms with Gasteiger partial charge >= 0.3 is 5.97 Å². The first-order valence-electron chi connectivity index (χ1n) is 7.57. The Bertz CT molecular complexity index is 581. The molecule has 2 rings (SSSR count). The van der Waals surface area contributed by atoms with E-state index in [0.717, 1.165) is 25.3 Å². The molecule has 1 aromatic carbocycles. The Kier molecular flexibility index (Phi) is 6.21. The van der Waals surface area contributed by atoms with E-state index in [1.807, 2.05) is 0 Å². The molecule has 0 radical (unpaired) electrons. The largest absolute Gasteiger partial charge is 0.484 e. The van der Waals surface area contributed by atoms with Gasteiger partial charge in [-0.2, -0.15) is 0 Å². The summed E-state index contributed by atoms with van der Waals surface area (Å²) in [6, 6.07) is 3.43. The van der Waals surface area contributed by atoms with E-state index >= 15 is 0 Å². The van der Waals surface area contributed by atoms with Crippen LogP contribution in [0.2, 0.25) is 5.02 Å². The van der Waals surface area contributed by atoms with Crippen molar-refractivity contribution in [1.82, 2.24) is 5.32 Å². The maximum atomic E-state index is 13.0. The van der Waals surface area contributed by atoms with Crippen molar-refractivity contribution in [2.45, 2.75) is 38.1 Å². The van der Waals surface area contributed by atoms with Crippen LogP contribution in [0, 0.1) is 11.7 Å². The highest BCUT2D eigenvalue weighted by atomic mass is 35.5. The molecule has 1 aromatic rings. The number of carboxylic acids is 1. The number of carboxylic acid groups (broad SMARTS) is 1. The molecule has 7 heteroatoms. The van der Waals surface area contributed by atoms with E-state index in [9.17, 15) is 19.1 Å². The van der Waals surface area contributed by atoms with Gasteiger partial charge in [0, 0.05) is 12.1 Å². The Morgan fingerprint density at radius 1 is 1.30 bits per heavy atom. The summed E-state index contributed by atoms with van der Waals surface area (Å²) in [5.41, 5.74) is 0. The number of hydrogen-bond donors (Lipinski definition) is 2. The summed E-state index contributed by atoms with van der Waals surface area (Å²) >= 11 is 5.64. The Hall–Kier alpha value is -1.82. The molecule has 2 N–H and O–H groups in total. The number of aliphatic carboxylic acids is 1. The second kappa shape index (κ2) is 8.15. The highest BCUT2D eigenvalue weighted by molar-refractivity contribution is 6.30. The second-order valence-electron chi connectivity index (χ2n) is 5.62. The Morgan fingerprint density at radius 3 is 2.74 bits per heavy atom. The fourth-order valence-corrected chi connectivity index (χ4v) is 2.91. The lowest BCUT2D eigenvalue weighted by Crippen LogP contribution is -2.44. The van der Waals surface area contributed by atoms with Crippen LogP contribution in [0.1, 0.15) is 32.1 Å². The van der Waals surface area contributed by atoms with E-state index in [1.165, 1.54) is 12.1 Å². The van der Waals surface area contributed by atoms with Gasteiger partial charge in [-0.3, -0.25) is 9.59 Å². The molecule has 0 heterocycles. The highest BCUT2D eigenvalue weighted by Crippen LogP contribution is 2.24.